The molecule has 0 radical (unpaired) electrons. The quantitative estimate of drug-likeness (QED) is 0.0251. The minimum Gasteiger partial charge on any atom is -0.744 e. The molecule has 0 bridgehead atoms. The molecule has 0 saturated carbocycles. The van der Waals surface area contributed by atoms with E-state index < -0.39 is 20.2 Å². The first-order valence-corrected chi connectivity index (χ1v) is 33.1. The Morgan fingerprint density at radius 3 is 0.896 bits per heavy atom. The van der Waals surface area contributed by atoms with Crippen LogP contribution in [0.4, 0.5) is 22.7 Å². The summed E-state index contributed by atoms with van der Waals surface area (Å²) in [5.74, 6) is 0. The van der Waals surface area contributed by atoms with Crippen LogP contribution < -0.4 is 20.4 Å². The summed E-state index contributed by atoms with van der Waals surface area (Å²) in [5, 5.41) is 6.98. The largest absolute Gasteiger partial charge is 2.00 e. The summed E-state index contributed by atoms with van der Waals surface area (Å²) in [5.41, 5.74) is 5.81. The van der Waals surface area contributed by atoms with Crippen LogP contribution in [0.15, 0.2) is 107 Å². The summed E-state index contributed by atoms with van der Waals surface area (Å²) >= 11 is 0. The Hall–Kier alpha value is -2.84. The third-order valence-electron chi connectivity index (χ3n) is 15.6. The molecule has 0 amide bonds. The standard InChI is InChI=1S/2C32H50N2O3S.Ca/c2*1-2-3-4-5-6-7-8-9-10-11-12-13-14-15-16-20-23-32-33-30-26-29(38(35,36)37)24-25-31(30)34(32)27-28-21-18-17-19-22-28;/h2*17-19,21-22,24-26,32-33H,2-16,20,23,27H2,1H3,(H,35,36,37);/q;;+2/p-2. The molecular formula is C64H98CaN4O6S2. The van der Waals surface area contributed by atoms with Crippen LogP contribution in [-0.4, -0.2) is 76.0 Å². The third kappa shape index (κ3) is 26.1. The van der Waals surface area contributed by atoms with Gasteiger partial charge in [0.15, 0.2) is 0 Å². The van der Waals surface area contributed by atoms with Crippen molar-refractivity contribution in [3.05, 3.63) is 108 Å². The maximum Gasteiger partial charge on any atom is 2.00 e. The molecule has 0 aromatic heterocycles. The second-order valence-electron chi connectivity index (χ2n) is 22.0. The van der Waals surface area contributed by atoms with Gasteiger partial charge in [-0.3, -0.25) is 0 Å². The van der Waals surface area contributed by atoms with Crippen LogP contribution in [0.1, 0.15) is 243 Å². The van der Waals surface area contributed by atoms with Crippen molar-refractivity contribution in [1.29, 1.82) is 0 Å². The van der Waals surface area contributed by atoms with Crippen molar-refractivity contribution < 1.29 is 25.9 Å². The monoisotopic (exact) mass is 1120 g/mol. The molecule has 424 valence electrons. The van der Waals surface area contributed by atoms with Crippen LogP contribution in [0, 0.1) is 0 Å². The molecule has 0 saturated heterocycles. The average Bonchev–Trinajstić information content (AvgIpc) is 3.97. The molecule has 0 spiro atoms. The van der Waals surface area contributed by atoms with E-state index in [1.807, 2.05) is 36.4 Å². The number of nitrogens with one attached hydrogen (secondary N) is 2. The Morgan fingerprint density at radius 2 is 0.636 bits per heavy atom. The fourth-order valence-electron chi connectivity index (χ4n) is 11.1. The number of nitrogens with zero attached hydrogens (tertiary/aromatic N) is 2. The Labute approximate surface area is 498 Å². The van der Waals surface area contributed by atoms with Gasteiger partial charge in [-0.15, -0.1) is 0 Å². The van der Waals surface area contributed by atoms with Gasteiger partial charge in [0.2, 0.25) is 0 Å². The molecule has 77 heavy (non-hydrogen) atoms. The predicted octanol–water partition coefficient (Wildman–Crippen LogP) is 17.6. The first-order chi connectivity index (χ1) is 37.0. The average molecular weight is 1120 g/mol. The van der Waals surface area contributed by atoms with E-state index in [0.717, 1.165) is 61.5 Å². The molecule has 10 nitrogen and oxygen atoms in total. The van der Waals surface area contributed by atoms with Crippen LogP contribution in [0.25, 0.3) is 0 Å². The Kier molecular flexibility index (Phi) is 33.5. The fraction of sp³-hybridized carbons (Fsp3) is 0.625. The smallest absolute Gasteiger partial charge is 0.744 e. The minimum absolute atomic E-state index is 0. The second kappa shape index (κ2) is 38.7. The Balaban J connectivity index is 0.000000328. The van der Waals surface area contributed by atoms with Gasteiger partial charge in [0.05, 0.1) is 44.9 Å². The fourth-order valence-corrected chi connectivity index (χ4v) is 12.1. The number of unbranched alkanes of at least 4 members (excludes halogenated alkanes) is 30. The topological polar surface area (TPSA) is 145 Å². The van der Waals surface area contributed by atoms with E-state index in [1.165, 1.54) is 228 Å². The molecule has 2 unspecified atom stereocenters. The number of rotatable bonds is 40. The molecule has 2 N–H and O–H groups in total. The molecule has 4 aromatic rings. The van der Waals surface area contributed by atoms with Crippen molar-refractivity contribution in [3.8, 4) is 0 Å². The number of hydrogen-bond donors (Lipinski definition) is 2. The molecule has 6 rings (SSSR count). The van der Waals surface area contributed by atoms with Crippen molar-refractivity contribution in [2.75, 3.05) is 20.4 Å². The summed E-state index contributed by atoms with van der Waals surface area (Å²) in [6, 6.07) is 30.0. The van der Waals surface area contributed by atoms with Gasteiger partial charge in [0.1, 0.15) is 20.2 Å². The van der Waals surface area contributed by atoms with Gasteiger partial charge in [-0.05, 0) is 73.2 Å². The van der Waals surface area contributed by atoms with E-state index in [2.05, 4.69) is 58.5 Å². The number of fused-ring (bicyclic) bond motifs is 2. The van der Waals surface area contributed by atoms with Gasteiger partial charge < -0.3 is 29.5 Å². The minimum atomic E-state index is -4.47. The molecule has 4 aromatic carbocycles. The van der Waals surface area contributed by atoms with Crippen molar-refractivity contribution in [2.24, 2.45) is 0 Å². The van der Waals surface area contributed by atoms with Crippen LogP contribution in [-0.2, 0) is 33.3 Å². The molecular weight excluding hydrogens is 1020 g/mol. The molecule has 2 heterocycles. The van der Waals surface area contributed by atoms with Crippen LogP contribution in [0.3, 0.4) is 0 Å². The van der Waals surface area contributed by atoms with Crippen molar-refractivity contribution in [1.82, 2.24) is 0 Å². The summed E-state index contributed by atoms with van der Waals surface area (Å²) < 4.78 is 69.2. The van der Waals surface area contributed by atoms with Gasteiger partial charge in [-0.25, -0.2) is 16.8 Å². The molecule has 13 heteroatoms. The number of anilines is 4. The SMILES string of the molecule is CCCCCCCCCCCCCCCCCCC1Nc2cc(S(=O)(=O)[O-])ccc2N1Cc1ccccc1.CCCCCCCCCCCCCCCCCCC1Nc2cc(S(=O)(=O)[O-])ccc2N1Cc1ccccc1.[Ca+2]. The van der Waals surface area contributed by atoms with Crippen LogP contribution in [0.2, 0.25) is 0 Å². The van der Waals surface area contributed by atoms with Gasteiger partial charge in [-0.2, -0.15) is 0 Å². The maximum absolute atomic E-state index is 11.5. The van der Waals surface area contributed by atoms with E-state index >= 15 is 0 Å². The first kappa shape index (κ1) is 66.7. The zero-order valence-corrected chi connectivity index (χ0v) is 51.6. The predicted molar refractivity (Wildman–Crippen MR) is 323 cm³/mol. The molecule has 2 aliphatic rings. The summed E-state index contributed by atoms with van der Waals surface area (Å²) in [6.45, 7) is 6.04. The zero-order chi connectivity index (χ0) is 54.1. The molecule has 0 aliphatic carbocycles. The van der Waals surface area contributed by atoms with E-state index in [4.69, 9.17) is 0 Å². The second-order valence-corrected chi connectivity index (χ2v) is 24.8. The summed E-state index contributed by atoms with van der Waals surface area (Å²) in [7, 11) is -8.94. The van der Waals surface area contributed by atoms with E-state index in [9.17, 15) is 25.9 Å². The van der Waals surface area contributed by atoms with Crippen molar-refractivity contribution in [2.45, 2.75) is 267 Å². The first-order valence-electron chi connectivity index (χ1n) is 30.3. The van der Waals surface area contributed by atoms with Gasteiger partial charge in [0.25, 0.3) is 0 Å². The van der Waals surface area contributed by atoms with Crippen LogP contribution in [0.5, 0.6) is 0 Å². The molecule has 2 atom stereocenters. The third-order valence-corrected chi connectivity index (χ3v) is 17.2. The normalized spacial score (nSPS) is 14.8. The van der Waals surface area contributed by atoms with E-state index in [-0.39, 0.29) is 59.9 Å². The van der Waals surface area contributed by atoms with E-state index in [0.29, 0.717) is 0 Å². The van der Waals surface area contributed by atoms with Gasteiger partial charge in [0, 0.05) is 13.1 Å². The zero-order valence-electron chi connectivity index (χ0n) is 47.7. The van der Waals surface area contributed by atoms with Crippen LogP contribution >= 0.6 is 0 Å². The number of benzene rings is 4. The van der Waals surface area contributed by atoms with Crippen molar-refractivity contribution in [3.63, 3.8) is 0 Å². The summed E-state index contributed by atoms with van der Waals surface area (Å²) in [6.07, 6.45) is 45.5. The Morgan fingerprint density at radius 1 is 0.377 bits per heavy atom. The molecule has 2 aliphatic heterocycles. The number of hydrogen-bond acceptors (Lipinski definition) is 10. The Bertz CT molecular complexity index is 2230. The van der Waals surface area contributed by atoms with Crippen molar-refractivity contribution >= 4 is 80.7 Å². The van der Waals surface area contributed by atoms with E-state index in [1.54, 1.807) is 12.1 Å². The molecule has 0 fully saturated rings. The van der Waals surface area contributed by atoms with Gasteiger partial charge >= 0.3 is 37.7 Å². The maximum atomic E-state index is 11.5. The summed E-state index contributed by atoms with van der Waals surface area (Å²) in [4.78, 5) is 4.26. The van der Waals surface area contributed by atoms with Gasteiger partial charge in [-0.1, -0.05) is 267 Å².